The molecule has 6 nitrogen and oxygen atoms in total. The van der Waals surface area contributed by atoms with Crippen LogP contribution in [0, 0.1) is 0 Å². The van der Waals surface area contributed by atoms with Gasteiger partial charge in [0.05, 0.1) is 6.54 Å². The SMILES string of the molecule is CCNC(=NCCc1cccc(C(=O)NC)c1)NC1CCN(CC(F)(F)F)C1. The molecule has 0 aliphatic carbocycles. The van der Waals surface area contributed by atoms with Crippen LogP contribution in [0.3, 0.4) is 0 Å². The number of nitrogens with one attached hydrogen (secondary N) is 3. The van der Waals surface area contributed by atoms with Gasteiger partial charge >= 0.3 is 6.18 Å². The van der Waals surface area contributed by atoms with Crippen molar-refractivity contribution >= 4 is 11.9 Å². The maximum atomic E-state index is 12.5. The molecule has 3 N–H and O–H groups in total. The van der Waals surface area contributed by atoms with E-state index in [1.54, 1.807) is 13.1 Å². The Bertz CT molecular complexity index is 678. The molecule has 0 saturated carbocycles. The van der Waals surface area contributed by atoms with E-state index in [-0.39, 0.29) is 11.9 Å². The molecule has 0 aromatic heterocycles. The topological polar surface area (TPSA) is 68.8 Å². The van der Waals surface area contributed by atoms with Crippen LogP contribution in [0.4, 0.5) is 13.2 Å². The standard InChI is InChI=1S/C19H28F3N5O/c1-3-24-18(26-16-8-10-27(12-16)13-19(20,21)22)25-9-7-14-5-4-6-15(11-14)17(28)23-2/h4-6,11,16H,3,7-10,12-13H2,1-2H3,(H,23,28)(H2,24,25,26). The first kappa shape index (κ1) is 22.0. The third-order valence-corrected chi connectivity index (χ3v) is 4.45. The highest BCUT2D eigenvalue weighted by Crippen LogP contribution is 2.19. The van der Waals surface area contributed by atoms with Gasteiger partial charge in [-0.2, -0.15) is 13.2 Å². The smallest absolute Gasteiger partial charge is 0.357 e. The van der Waals surface area contributed by atoms with E-state index in [1.807, 2.05) is 25.1 Å². The van der Waals surface area contributed by atoms with Crippen LogP contribution in [0.1, 0.15) is 29.3 Å². The van der Waals surface area contributed by atoms with Gasteiger partial charge in [-0.05, 0) is 37.5 Å². The van der Waals surface area contributed by atoms with Gasteiger partial charge in [-0.3, -0.25) is 14.7 Å². The van der Waals surface area contributed by atoms with Gasteiger partial charge in [-0.1, -0.05) is 12.1 Å². The Hall–Kier alpha value is -2.29. The maximum absolute atomic E-state index is 12.5. The minimum absolute atomic E-state index is 0.0586. The van der Waals surface area contributed by atoms with Crippen molar-refractivity contribution in [2.75, 3.05) is 39.8 Å². The third kappa shape index (κ3) is 7.38. The number of hydrogen-bond donors (Lipinski definition) is 3. The van der Waals surface area contributed by atoms with E-state index in [2.05, 4.69) is 20.9 Å². The molecule has 156 valence electrons. The fourth-order valence-corrected chi connectivity index (χ4v) is 3.17. The highest BCUT2D eigenvalue weighted by molar-refractivity contribution is 5.94. The zero-order chi connectivity index (χ0) is 20.6. The predicted octanol–water partition coefficient (Wildman–Crippen LogP) is 1.78. The summed E-state index contributed by atoms with van der Waals surface area (Å²) in [6, 6.07) is 7.30. The second kappa shape index (κ2) is 10.3. The molecule has 1 aliphatic rings. The molecule has 1 saturated heterocycles. The number of alkyl halides is 3. The van der Waals surface area contributed by atoms with Crippen molar-refractivity contribution in [3.63, 3.8) is 0 Å². The van der Waals surface area contributed by atoms with Crippen LogP contribution in [0.25, 0.3) is 0 Å². The van der Waals surface area contributed by atoms with Gasteiger partial charge < -0.3 is 16.0 Å². The number of likely N-dealkylation sites (tertiary alicyclic amines) is 1. The van der Waals surface area contributed by atoms with Gasteiger partial charge in [0.25, 0.3) is 5.91 Å². The largest absolute Gasteiger partial charge is 0.401 e. The van der Waals surface area contributed by atoms with Crippen LogP contribution >= 0.6 is 0 Å². The summed E-state index contributed by atoms with van der Waals surface area (Å²) in [4.78, 5) is 17.6. The lowest BCUT2D eigenvalue weighted by Crippen LogP contribution is -2.45. The van der Waals surface area contributed by atoms with Gasteiger partial charge in [-0.25, -0.2) is 0 Å². The minimum atomic E-state index is -4.17. The quantitative estimate of drug-likeness (QED) is 0.483. The summed E-state index contributed by atoms with van der Waals surface area (Å²) in [7, 11) is 1.59. The summed E-state index contributed by atoms with van der Waals surface area (Å²) in [5, 5.41) is 8.95. The number of aliphatic imine (C=N–C) groups is 1. The number of halogens is 3. The summed E-state index contributed by atoms with van der Waals surface area (Å²) in [6.07, 6.45) is -2.86. The summed E-state index contributed by atoms with van der Waals surface area (Å²) < 4.78 is 37.6. The number of benzene rings is 1. The Balaban J connectivity index is 1.88. The van der Waals surface area contributed by atoms with Crippen LogP contribution in [0.2, 0.25) is 0 Å². The fourth-order valence-electron chi connectivity index (χ4n) is 3.17. The molecular formula is C19H28F3N5O. The molecule has 1 heterocycles. The zero-order valence-corrected chi connectivity index (χ0v) is 16.3. The molecule has 2 rings (SSSR count). The van der Waals surface area contributed by atoms with Crippen LogP contribution in [-0.4, -0.2) is 68.8 Å². The fraction of sp³-hybridized carbons (Fsp3) is 0.579. The van der Waals surface area contributed by atoms with E-state index in [1.165, 1.54) is 4.90 Å². The molecule has 1 unspecified atom stereocenters. The van der Waals surface area contributed by atoms with Gasteiger partial charge in [-0.15, -0.1) is 0 Å². The van der Waals surface area contributed by atoms with Crippen molar-refractivity contribution in [3.05, 3.63) is 35.4 Å². The second-order valence-corrected chi connectivity index (χ2v) is 6.77. The normalized spacial score (nSPS) is 18.2. The van der Waals surface area contributed by atoms with Gasteiger partial charge in [0, 0.05) is 44.8 Å². The first-order valence-electron chi connectivity index (χ1n) is 9.45. The zero-order valence-electron chi connectivity index (χ0n) is 16.3. The van der Waals surface area contributed by atoms with E-state index >= 15 is 0 Å². The van der Waals surface area contributed by atoms with Crippen LogP contribution in [0.15, 0.2) is 29.3 Å². The molecule has 0 spiro atoms. The molecule has 0 bridgehead atoms. The Kier molecular flexibility index (Phi) is 8.10. The van der Waals surface area contributed by atoms with E-state index in [0.717, 1.165) is 5.56 Å². The molecule has 1 aromatic carbocycles. The van der Waals surface area contributed by atoms with Crippen LogP contribution in [-0.2, 0) is 6.42 Å². The average Bonchev–Trinajstić information content (AvgIpc) is 3.06. The van der Waals surface area contributed by atoms with Crippen molar-refractivity contribution in [1.29, 1.82) is 0 Å². The summed E-state index contributed by atoms with van der Waals surface area (Å²) in [6.45, 7) is 3.00. The van der Waals surface area contributed by atoms with E-state index in [0.29, 0.717) is 50.5 Å². The van der Waals surface area contributed by atoms with Crippen molar-refractivity contribution < 1.29 is 18.0 Å². The second-order valence-electron chi connectivity index (χ2n) is 6.77. The lowest BCUT2D eigenvalue weighted by molar-refractivity contribution is -0.143. The Morgan fingerprint density at radius 3 is 2.82 bits per heavy atom. The molecule has 0 radical (unpaired) electrons. The molecular weight excluding hydrogens is 371 g/mol. The minimum Gasteiger partial charge on any atom is -0.357 e. The number of carbonyl (C=O) groups is 1. The van der Waals surface area contributed by atoms with Crippen molar-refractivity contribution in [3.8, 4) is 0 Å². The molecule has 1 aliphatic heterocycles. The first-order valence-corrected chi connectivity index (χ1v) is 9.45. The maximum Gasteiger partial charge on any atom is 0.401 e. The third-order valence-electron chi connectivity index (χ3n) is 4.45. The summed E-state index contributed by atoms with van der Waals surface area (Å²) >= 11 is 0. The van der Waals surface area contributed by atoms with E-state index < -0.39 is 12.7 Å². The number of carbonyl (C=O) groups excluding carboxylic acids is 1. The van der Waals surface area contributed by atoms with E-state index in [4.69, 9.17) is 0 Å². The lowest BCUT2D eigenvalue weighted by atomic mass is 10.1. The summed E-state index contributed by atoms with van der Waals surface area (Å²) in [5.74, 6) is 0.466. The molecule has 28 heavy (non-hydrogen) atoms. The predicted molar refractivity (Wildman–Crippen MR) is 104 cm³/mol. The number of rotatable bonds is 7. The van der Waals surface area contributed by atoms with Crippen molar-refractivity contribution in [1.82, 2.24) is 20.9 Å². The monoisotopic (exact) mass is 399 g/mol. The van der Waals surface area contributed by atoms with Crippen LogP contribution < -0.4 is 16.0 Å². The first-order chi connectivity index (χ1) is 13.3. The Labute approximate surface area is 163 Å². The number of amides is 1. The highest BCUT2D eigenvalue weighted by atomic mass is 19.4. The molecule has 1 amide bonds. The van der Waals surface area contributed by atoms with Crippen molar-refractivity contribution in [2.24, 2.45) is 4.99 Å². The highest BCUT2D eigenvalue weighted by Gasteiger charge is 2.34. The lowest BCUT2D eigenvalue weighted by Gasteiger charge is -2.19. The summed E-state index contributed by atoms with van der Waals surface area (Å²) in [5.41, 5.74) is 1.60. The van der Waals surface area contributed by atoms with E-state index in [9.17, 15) is 18.0 Å². The van der Waals surface area contributed by atoms with Crippen molar-refractivity contribution in [2.45, 2.75) is 32.0 Å². The molecule has 9 heteroatoms. The Morgan fingerprint density at radius 2 is 2.14 bits per heavy atom. The van der Waals surface area contributed by atoms with Gasteiger partial charge in [0.2, 0.25) is 0 Å². The average molecular weight is 399 g/mol. The number of hydrogen-bond acceptors (Lipinski definition) is 3. The number of nitrogens with zero attached hydrogens (tertiary/aromatic N) is 2. The molecule has 1 atom stereocenters. The Morgan fingerprint density at radius 1 is 1.36 bits per heavy atom. The number of guanidine groups is 1. The van der Waals surface area contributed by atoms with Crippen LogP contribution in [0.5, 0.6) is 0 Å². The van der Waals surface area contributed by atoms with Gasteiger partial charge in [0.1, 0.15) is 0 Å². The van der Waals surface area contributed by atoms with Gasteiger partial charge in [0.15, 0.2) is 5.96 Å². The molecule has 1 fully saturated rings. The molecule has 1 aromatic rings.